The molecule has 1 saturated carbocycles. The summed E-state index contributed by atoms with van der Waals surface area (Å²) in [5.41, 5.74) is 1.31. The van der Waals surface area contributed by atoms with Crippen LogP contribution in [-0.2, 0) is 0 Å². The molecule has 1 aromatic carbocycles. The van der Waals surface area contributed by atoms with Gasteiger partial charge in [0.1, 0.15) is 0 Å². The van der Waals surface area contributed by atoms with Crippen LogP contribution < -0.4 is 5.32 Å². The highest BCUT2D eigenvalue weighted by Gasteiger charge is 2.25. The highest BCUT2D eigenvalue weighted by atomic mass is 79.9. The minimum Gasteiger partial charge on any atom is -0.396 e. The zero-order chi connectivity index (χ0) is 13.0. The Morgan fingerprint density at radius 3 is 2.61 bits per heavy atom. The van der Waals surface area contributed by atoms with Crippen molar-refractivity contribution in [2.75, 3.05) is 6.61 Å². The Morgan fingerprint density at radius 2 is 1.94 bits per heavy atom. The maximum atomic E-state index is 9.44. The molecule has 1 aromatic rings. The number of rotatable bonds is 4. The number of hydrogen-bond acceptors (Lipinski definition) is 2. The lowest BCUT2D eigenvalue weighted by Crippen LogP contribution is -2.41. The predicted octanol–water partition coefficient (Wildman–Crippen LogP) is 3.65. The quantitative estimate of drug-likeness (QED) is 0.889. The fourth-order valence-electron chi connectivity index (χ4n) is 2.81. The van der Waals surface area contributed by atoms with Gasteiger partial charge in [-0.25, -0.2) is 0 Å². The van der Waals surface area contributed by atoms with Gasteiger partial charge in [-0.15, -0.1) is 0 Å². The topological polar surface area (TPSA) is 32.3 Å². The fraction of sp³-hybridized carbons (Fsp3) is 0.600. The number of aliphatic hydroxyl groups excluding tert-OH is 1. The monoisotopic (exact) mass is 311 g/mol. The van der Waals surface area contributed by atoms with Gasteiger partial charge in [0.15, 0.2) is 0 Å². The first-order chi connectivity index (χ1) is 8.70. The van der Waals surface area contributed by atoms with Crippen LogP contribution >= 0.6 is 15.9 Å². The van der Waals surface area contributed by atoms with Crippen molar-refractivity contribution in [3.05, 3.63) is 34.3 Å². The fourth-order valence-corrected chi connectivity index (χ4v) is 3.08. The van der Waals surface area contributed by atoms with Crippen molar-refractivity contribution in [3.8, 4) is 0 Å². The van der Waals surface area contributed by atoms with E-state index >= 15 is 0 Å². The Morgan fingerprint density at radius 1 is 1.28 bits per heavy atom. The molecule has 1 aliphatic rings. The van der Waals surface area contributed by atoms with Crippen LogP contribution in [0.3, 0.4) is 0 Å². The summed E-state index contributed by atoms with van der Waals surface area (Å²) in [5.74, 6) is 0.427. The SMILES string of the molecule is CC(NC1CCCCC1CO)c1ccc(Br)cc1. The van der Waals surface area contributed by atoms with Crippen LogP contribution in [0.2, 0.25) is 0 Å². The van der Waals surface area contributed by atoms with Crippen molar-refractivity contribution in [1.29, 1.82) is 0 Å². The Kier molecular flexibility index (Phi) is 5.22. The Balaban J connectivity index is 1.97. The second-order valence-corrected chi connectivity index (χ2v) is 6.19. The van der Waals surface area contributed by atoms with Crippen LogP contribution in [0.25, 0.3) is 0 Å². The summed E-state index contributed by atoms with van der Waals surface area (Å²) in [4.78, 5) is 0. The van der Waals surface area contributed by atoms with Gasteiger partial charge in [-0.1, -0.05) is 40.9 Å². The van der Waals surface area contributed by atoms with Gasteiger partial charge in [-0.05, 0) is 43.4 Å². The lowest BCUT2D eigenvalue weighted by Gasteiger charge is -2.33. The molecule has 0 radical (unpaired) electrons. The molecule has 3 heteroatoms. The summed E-state index contributed by atoms with van der Waals surface area (Å²) in [5, 5.41) is 13.1. The van der Waals surface area contributed by atoms with Gasteiger partial charge < -0.3 is 10.4 Å². The number of nitrogens with one attached hydrogen (secondary N) is 1. The average Bonchev–Trinajstić information content (AvgIpc) is 2.40. The number of aliphatic hydroxyl groups is 1. The Labute approximate surface area is 118 Å². The standard InChI is InChI=1S/C15H22BrNO/c1-11(12-6-8-14(16)9-7-12)17-15-5-3-2-4-13(15)10-18/h6-9,11,13,15,17-18H,2-5,10H2,1H3. The summed E-state index contributed by atoms with van der Waals surface area (Å²) in [6.07, 6.45) is 4.88. The van der Waals surface area contributed by atoms with Crippen LogP contribution in [0.5, 0.6) is 0 Å². The van der Waals surface area contributed by atoms with Crippen LogP contribution in [0, 0.1) is 5.92 Å². The van der Waals surface area contributed by atoms with Gasteiger partial charge in [0.05, 0.1) is 0 Å². The minimum absolute atomic E-state index is 0.310. The van der Waals surface area contributed by atoms with E-state index in [1.165, 1.54) is 24.8 Å². The van der Waals surface area contributed by atoms with Crippen LogP contribution in [0.1, 0.15) is 44.2 Å². The van der Waals surface area contributed by atoms with Crippen LogP contribution in [-0.4, -0.2) is 17.8 Å². The first-order valence-electron chi connectivity index (χ1n) is 6.83. The molecule has 0 bridgehead atoms. The van der Waals surface area contributed by atoms with E-state index < -0.39 is 0 Å². The third kappa shape index (κ3) is 3.56. The first-order valence-corrected chi connectivity index (χ1v) is 7.62. The third-order valence-electron chi connectivity index (χ3n) is 3.98. The van der Waals surface area contributed by atoms with E-state index in [4.69, 9.17) is 0 Å². The number of hydrogen-bond donors (Lipinski definition) is 2. The van der Waals surface area contributed by atoms with E-state index in [0.717, 1.165) is 10.9 Å². The molecule has 2 rings (SSSR count). The summed E-state index contributed by atoms with van der Waals surface area (Å²) < 4.78 is 1.12. The second kappa shape index (κ2) is 6.69. The van der Waals surface area contributed by atoms with Crippen molar-refractivity contribution < 1.29 is 5.11 Å². The number of benzene rings is 1. The van der Waals surface area contributed by atoms with Crippen molar-refractivity contribution >= 4 is 15.9 Å². The van der Waals surface area contributed by atoms with Gasteiger partial charge >= 0.3 is 0 Å². The molecule has 2 nitrogen and oxygen atoms in total. The summed E-state index contributed by atoms with van der Waals surface area (Å²) >= 11 is 3.46. The zero-order valence-corrected chi connectivity index (χ0v) is 12.5. The molecule has 18 heavy (non-hydrogen) atoms. The Bertz CT molecular complexity index is 365. The lowest BCUT2D eigenvalue weighted by molar-refractivity contribution is 0.147. The molecule has 0 spiro atoms. The summed E-state index contributed by atoms with van der Waals surface area (Å²) in [6, 6.07) is 9.27. The van der Waals surface area contributed by atoms with E-state index in [0.29, 0.717) is 24.6 Å². The Hall–Kier alpha value is -0.380. The van der Waals surface area contributed by atoms with Gasteiger partial charge in [0.25, 0.3) is 0 Å². The molecule has 1 aliphatic carbocycles. The molecule has 1 fully saturated rings. The number of halogens is 1. The van der Waals surface area contributed by atoms with E-state index in [9.17, 15) is 5.11 Å². The first kappa shape index (κ1) is 14.0. The smallest absolute Gasteiger partial charge is 0.0474 e. The highest BCUT2D eigenvalue weighted by Crippen LogP contribution is 2.26. The van der Waals surface area contributed by atoms with E-state index in [1.54, 1.807) is 0 Å². The van der Waals surface area contributed by atoms with Gasteiger partial charge in [-0.2, -0.15) is 0 Å². The molecular weight excluding hydrogens is 290 g/mol. The molecule has 0 heterocycles. The normalized spacial score (nSPS) is 25.9. The molecule has 3 atom stereocenters. The second-order valence-electron chi connectivity index (χ2n) is 5.27. The van der Waals surface area contributed by atoms with Crippen molar-refractivity contribution in [2.24, 2.45) is 5.92 Å². The molecule has 100 valence electrons. The molecule has 0 saturated heterocycles. The zero-order valence-electron chi connectivity index (χ0n) is 10.9. The van der Waals surface area contributed by atoms with Crippen LogP contribution in [0.4, 0.5) is 0 Å². The van der Waals surface area contributed by atoms with Gasteiger partial charge in [-0.3, -0.25) is 0 Å². The highest BCUT2D eigenvalue weighted by molar-refractivity contribution is 9.10. The maximum absolute atomic E-state index is 9.44. The predicted molar refractivity (Wildman–Crippen MR) is 78.5 cm³/mol. The molecule has 2 N–H and O–H groups in total. The third-order valence-corrected chi connectivity index (χ3v) is 4.51. The molecule has 0 amide bonds. The molecular formula is C15H22BrNO. The van der Waals surface area contributed by atoms with E-state index in [2.05, 4.69) is 52.4 Å². The molecule has 0 aliphatic heterocycles. The van der Waals surface area contributed by atoms with Crippen molar-refractivity contribution in [1.82, 2.24) is 5.32 Å². The maximum Gasteiger partial charge on any atom is 0.0474 e. The molecule has 3 unspecified atom stereocenters. The molecule has 0 aromatic heterocycles. The van der Waals surface area contributed by atoms with E-state index in [1.807, 2.05) is 0 Å². The lowest BCUT2D eigenvalue weighted by atomic mass is 9.84. The van der Waals surface area contributed by atoms with E-state index in [-0.39, 0.29) is 0 Å². The van der Waals surface area contributed by atoms with Crippen molar-refractivity contribution in [3.63, 3.8) is 0 Å². The van der Waals surface area contributed by atoms with Gasteiger partial charge in [0.2, 0.25) is 0 Å². The van der Waals surface area contributed by atoms with Crippen molar-refractivity contribution in [2.45, 2.75) is 44.7 Å². The average molecular weight is 312 g/mol. The largest absolute Gasteiger partial charge is 0.396 e. The summed E-state index contributed by atoms with van der Waals surface area (Å²) in [7, 11) is 0. The minimum atomic E-state index is 0.310. The van der Waals surface area contributed by atoms with Gasteiger partial charge in [0, 0.05) is 23.2 Å². The summed E-state index contributed by atoms with van der Waals surface area (Å²) in [6.45, 7) is 2.51. The van der Waals surface area contributed by atoms with Crippen LogP contribution in [0.15, 0.2) is 28.7 Å².